The van der Waals surface area contributed by atoms with Crippen LogP contribution in [0.4, 0.5) is 17.6 Å². The minimum absolute atomic E-state index is 0.0609. The van der Waals surface area contributed by atoms with Crippen LogP contribution < -0.4 is 14.2 Å². The molecule has 0 aliphatic heterocycles. The van der Waals surface area contributed by atoms with E-state index in [-0.39, 0.29) is 16.5 Å². The molecule has 0 amide bonds. The van der Waals surface area contributed by atoms with E-state index < -0.39 is 47.4 Å². The van der Waals surface area contributed by atoms with Gasteiger partial charge in [0.05, 0.1) is 7.11 Å². The van der Waals surface area contributed by atoms with E-state index in [4.69, 9.17) is 25.8 Å². The fourth-order valence-corrected chi connectivity index (χ4v) is 2.33. The molecule has 0 spiro atoms. The molecule has 5 nitrogen and oxygen atoms in total. The lowest BCUT2D eigenvalue weighted by Gasteiger charge is -2.13. The Labute approximate surface area is 161 Å². The summed E-state index contributed by atoms with van der Waals surface area (Å²) in [7, 11) is 1.04. The maximum Gasteiger partial charge on any atom is 0.263 e. The summed E-state index contributed by atoms with van der Waals surface area (Å²) >= 11 is 5.73. The van der Waals surface area contributed by atoms with E-state index in [1.54, 1.807) is 0 Å². The molecule has 0 N–H and O–H groups in total. The van der Waals surface area contributed by atoms with Gasteiger partial charge in [-0.15, -0.1) is 0 Å². The van der Waals surface area contributed by atoms with Gasteiger partial charge in [0, 0.05) is 23.9 Å². The van der Waals surface area contributed by atoms with Crippen molar-refractivity contribution in [2.75, 3.05) is 7.11 Å². The predicted octanol–water partition coefficient (Wildman–Crippen LogP) is 5.07. The van der Waals surface area contributed by atoms with Crippen molar-refractivity contribution in [2.45, 2.75) is 6.61 Å². The molecule has 3 aromatic rings. The zero-order valence-corrected chi connectivity index (χ0v) is 14.9. The Balaban J connectivity index is 1.91. The number of halogens is 5. The maximum atomic E-state index is 14.4. The number of rotatable bonds is 6. The van der Waals surface area contributed by atoms with Gasteiger partial charge in [0.2, 0.25) is 17.4 Å². The molecule has 0 saturated carbocycles. The van der Waals surface area contributed by atoms with Crippen LogP contribution in [0.15, 0.2) is 36.5 Å². The Bertz CT molecular complexity index is 1020. The smallest absolute Gasteiger partial charge is 0.263 e. The zero-order chi connectivity index (χ0) is 20.3. The third-order valence-corrected chi connectivity index (χ3v) is 3.68. The molecule has 28 heavy (non-hydrogen) atoms. The van der Waals surface area contributed by atoms with Gasteiger partial charge in [-0.3, -0.25) is 0 Å². The highest BCUT2D eigenvalue weighted by Gasteiger charge is 2.24. The van der Waals surface area contributed by atoms with E-state index in [1.807, 2.05) is 0 Å². The van der Waals surface area contributed by atoms with Crippen LogP contribution in [0.3, 0.4) is 0 Å². The minimum Gasteiger partial charge on any atom is -0.491 e. The van der Waals surface area contributed by atoms with Crippen LogP contribution in [0.5, 0.6) is 23.3 Å². The molecule has 2 aromatic heterocycles. The monoisotopic (exact) mass is 414 g/mol. The SMILES string of the molecule is COc1c(F)c(OCc2ccc(F)cc2F)nc(Oc2ccnc(Cl)c2)c1F. The van der Waals surface area contributed by atoms with Gasteiger partial charge in [0.25, 0.3) is 11.8 Å². The molecule has 0 aliphatic rings. The highest BCUT2D eigenvalue weighted by atomic mass is 35.5. The second-order valence-electron chi connectivity index (χ2n) is 5.32. The van der Waals surface area contributed by atoms with E-state index in [0.29, 0.717) is 6.07 Å². The van der Waals surface area contributed by atoms with Crippen molar-refractivity contribution in [3.05, 3.63) is 70.5 Å². The minimum atomic E-state index is -1.25. The van der Waals surface area contributed by atoms with Gasteiger partial charge in [0.1, 0.15) is 29.1 Å². The number of pyridine rings is 2. The van der Waals surface area contributed by atoms with Gasteiger partial charge in [-0.05, 0) is 18.2 Å². The largest absolute Gasteiger partial charge is 0.491 e. The summed E-state index contributed by atoms with van der Waals surface area (Å²) in [4.78, 5) is 7.38. The molecular weight excluding hydrogens is 404 g/mol. The molecule has 1 aromatic carbocycles. The van der Waals surface area contributed by atoms with Crippen molar-refractivity contribution in [1.82, 2.24) is 9.97 Å². The lowest BCUT2D eigenvalue weighted by atomic mass is 10.2. The standard InChI is InChI=1S/C18H11ClF4N2O3/c1-26-16-14(22)17(27-8-9-2-3-10(20)6-12(9)21)25-18(15(16)23)28-11-4-5-24-13(19)7-11/h2-7H,8H2,1H3. The third kappa shape index (κ3) is 4.25. The quantitative estimate of drug-likeness (QED) is 0.416. The molecule has 0 unspecified atom stereocenters. The molecule has 2 heterocycles. The first-order valence-electron chi connectivity index (χ1n) is 7.68. The molecule has 146 valence electrons. The van der Waals surface area contributed by atoms with Crippen LogP contribution in [0, 0.1) is 23.3 Å². The van der Waals surface area contributed by atoms with Crippen molar-refractivity contribution in [3.63, 3.8) is 0 Å². The van der Waals surface area contributed by atoms with Gasteiger partial charge in [-0.2, -0.15) is 13.8 Å². The Morgan fingerprint density at radius 1 is 1.00 bits per heavy atom. The van der Waals surface area contributed by atoms with Gasteiger partial charge < -0.3 is 14.2 Å². The average Bonchev–Trinajstić information content (AvgIpc) is 2.65. The molecule has 0 aliphatic carbocycles. The summed E-state index contributed by atoms with van der Waals surface area (Å²) in [5.41, 5.74) is -0.0609. The second kappa shape index (κ2) is 8.30. The number of ether oxygens (including phenoxy) is 3. The van der Waals surface area contributed by atoms with Gasteiger partial charge in [-0.1, -0.05) is 11.6 Å². The molecule has 0 radical (unpaired) electrons. The summed E-state index contributed by atoms with van der Waals surface area (Å²) in [5.74, 6) is -6.21. The summed E-state index contributed by atoms with van der Waals surface area (Å²) in [6.45, 7) is -0.495. The van der Waals surface area contributed by atoms with Crippen molar-refractivity contribution >= 4 is 11.6 Å². The lowest BCUT2D eigenvalue weighted by molar-refractivity contribution is 0.252. The van der Waals surface area contributed by atoms with Gasteiger partial charge >= 0.3 is 0 Å². The maximum absolute atomic E-state index is 14.4. The third-order valence-electron chi connectivity index (χ3n) is 3.47. The van der Waals surface area contributed by atoms with E-state index in [2.05, 4.69) is 9.97 Å². The van der Waals surface area contributed by atoms with Crippen LogP contribution in [-0.4, -0.2) is 17.1 Å². The molecule has 0 fully saturated rings. The summed E-state index contributed by atoms with van der Waals surface area (Å²) in [6, 6.07) is 5.44. The van der Waals surface area contributed by atoms with Crippen molar-refractivity contribution in [1.29, 1.82) is 0 Å². The fraction of sp³-hybridized carbons (Fsp3) is 0.111. The molecule has 0 bridgehead atoms. The Morgan fingerprint density at radius 3 is 2.43 bits per heavy atom. The molecule has 3 rings (SSSR count). The average molecular weight is 415 g/mol. The Morgan fingerprint density at radius 2 is 1.75 bits per heavy atom. The number of aromatic nitrogens is 2. The number of benzene rings is 1. The summed E-state index contributed by atoms with van der Waals surface area (Å²) in [6.07, 6.45) is 1.31. The van der Waals surface area contributed by atoms with Crippen LogP contribution in [0.25, 0.3) is 0 Å². The number of methoxy groups -OCH3 is 1. The molecule has 0 saturated heterocycles. The summed E-state index contributed by atoms with van der Waals surface area (Å²) < 4.78 is 70.6. The van der Waals surface area contributed by atoms with E-state index in [9.17, 15) is 17.6 Å². The highest BCUT2D eigenvalue weighted by Crippen LogP contribution is 2.36. The predicted molar refractivity (Wildman–Crippen MR) is 90.7 cm³/mol. The van der Waals surface area contributed by atoms with E-state index >= 15 is 0 Å². The van der Waals surface area contributed by atoms with Crippen LogP contribution in [0.2, 0.25) is 5.15 Å². The fourth-order valence-electron chi connectivity index (χ4n) is 2.17. The molecule has 10 heteroatoms. The van der Waals surface area contributed by atoms with E-state index in [0.717, 1.165) is 19.2 Å². The Hall–Kier alpha value is -3.07. The van der Waals surface area contributed by atoms with E-state index in [1.165, 1.54) is 18.3 Å². The van der Waals surface area contributed by atoms with Gasteiger partial charge in [0.15, 0.2) is 0 Å². The lowest BCUT2D eigenvalue weighted by Crippen LogP contribution is -2.06. The summed E-state index contributed by atoms with van der Waals surface area (Å²) in [5, 5.41) is 0.0789. The zero-order valence-electron chi connectivity index (χ0n) is 14.2. The van der Waals surface area contributed by atoms with Crippen molar-refractivity contribution in [3.8, 4) is 23.3 Å². The second-order valence-corrected chi connectivity index (χ2v) is 5.71. The highest BCUT2D eigenvalue weighted by molar-refractivity contribution is 6.29. The van der Waals surface area contributed by atoms with Crippen molar-refractivity contribution < 1.29 is 31.8 Å². The van der Waals surface area contributed by atoms with Crippen LogP contribution >= 0.6 is 11.6 Å². The number of hydrogen-bond donors (Lipinski definition) is 0. The van der Waals surface area contributed by atoms with Crippen LogP contribution in [-0.2, 0) is 6.61 Å². The number of nitrogens with zero attached hydrogens (tertiary/aromatic N) is 2. The number of hydrogen-bond acceptors (Lipinski definition) is 5. The topological polar surface area (TPSA) is 53.5 Å². The first-order valence-corrected chi connectivity index (χ1v) is 8.06. The Kier molecular flexibility index (Phi) is 5.84. The molecule has 0 atom stereocenters. The molecular formula is C18H11ClF4N2O3. The van der Waals surface area contributed by atoms with Gasteiger partial charge in [-0.25, -0.2) is 13.8 Å². The van der Waals surface area contributed by atoms with Crippen LogP contribution in [0.1, 0.15) is 5.56 Å². The first kappa shape index (κ1) is 19.7. The normalized spacial score (nSPS) is 10.6. The first-order chi connectivity index (χ1) is 13.4. The van der Waals surface area contributed by atoms with Crippen molar-refractivity contribution in [2.24, 2.45) is 0 Å².